The summed E-state index contributed by atoms with van der Waals surface area (Å²) in [7, 11) is 0. The second kappa shape index (κ2) is 8.44. The van der Waals surface area contributed by atoms with Crippen molar-refractivity contribution in [3.63, 3.8) is 0 Å². The van der Waals surface area contributed by atoms with Crippen molar-refractivity contribution in [2.45, 2.75) is 26.3 Å². The normalized spacial score (nSPS) is 11.8. The molecule has 6 nitrogen and oxygen atoms in total. The summed E-state index contributed by atoms with van der Waals surface area (Å²) in [6, 6.07) is 9.83. The molecule has 0 aliphatic heterocycles. The third-order valence-electron chi connectivity index (χ3n) is 3.60. The van der Waals surface area contributed by atoms with Gasteiger partial charge in [0.05, 0.1) is 0 Å². The van der Waals surface area contributed by atoms with Gasteiger partial charge in [0.15, 0.2) is 6.61 Å². The van der Waals surface area contributed by atoms with E-state index in [0.29, 0.717) is 12.2 Å². The Balaban J connectivity index is 1.73. The Bertz CT molecular complexity index is 751. The monoisotopic (exact) mass is 348 g/mol. The summed E-state index contributed by atoms with van der Waals surface area (Å²) in [5.74, 6) is -0.803. The summed E-state index contributed by atoms with van der Waals surface area (Å²) < 4.78 is 6.24. The summed E-state index contributed by atoms with van der Waals surface area (Å²) in [5.41, 5.74) is 1.82. The molecule has 1 N–H and O–H groups in total. The predicted octanol–water partition coefficient (Wildman–Crippen LogP) is 1.68. The van der Waals surface area contributed by atoms with Gasteiger partial charge in [-0.3, -0.25) is 19.0 Å². The molecule has 0 saturated carbocycles. The van der Waals surface area contributed by atoms with Crippen molar-refractivity contribution in [3.8, 4) is 0 Å². The molecule has 0 spiro atoms. The highest BCUT2D eigenvalue weighted by molar-refractivity contribution is 7.07. The molecule has 0 aliphatic carbocycles. The average molecular weight is 348 g/mol. The summed E-state index contributed by atoms with van der Waals surface area (Å²) in [6.07, 6.45) is 0. The number of nitrogens with one attached hydrogen (secondary N) is 1. The molecule has 0 fully saturated rings. The van der Waals surface area contributed by atoms with Gasteiger partial charge in [0.25, 0.3) is 5.91 Å². The van der Waals surface area contributed by atoms with Gasteiger partial charge in [-0.2, -0.15) is 0 Å². The van der Waals surface area contributed by atoms with E-state index < -0.39 is 5.97 Å². The molecule has 1 amide bonds. The molecule has 2 aromatic rings. The average Bonchev–Trinajstić information content (AvgIpc) is 2.90. The molecule has 1 heterocycles. The lowest BCUT2D eigenvalue weighted by Crippen LogP contribution is -2.32. The van der Waals surface area contributed by atoms with Gasteiger partial charge in [-0.1, -0.05) is 48.6 Å². The first-order valence-electron chi connectivity index (χ1n) is 7.59. The Morgan fingerprint density at radius 3 is 2.62 bits per heavy atom. The maximum atomic E-state index is 11.8. The summed E-state index contributed by atoms with van der Waals surface area (Å²) in [6.45, 7) is 3.68. The number of hydrogen-bond acceptors (Lipinski definition) is 5. The van der Waals surface area contributed by atoms with Crippen LogP contribution in [0.3, 0.4) is 0 Å². The first kappa shape index (κ1) is 17.9. The van der Waals surface area contributed by atoms with Crippen LogP contribution < -0.4 is 10.2 Å². The number of rotatable bonds is 7. The van der Waals surface area contributed by atoms with Crippen LogP contribution in [-0.4, -0.2) is 29.6 Å². The van der Waals surface area contributed by atoms with Crippen LogP contribution in [0.1, 0.15) is 24.1 Å². The van der Waals surface area contributed by atoms with Crippen molar-refractivity contribution in [3.05, 3.63) is 56.6 Å². The fourth-order valence-corrected chi connectivity index (χ4v) is 2.87. The van der Waals surface area contributed by atoms with Gasteiger partial charge >= 0.3 is 10.8 Å². The fraction of sp³-hybridized carbons (Fsp3) is 0.353. The lowest BCUT2D eigenvalue weighted by atomic mass is 10.0. The zero-order valence-electron chi connectivity index (χ0n) is 13.7. The quantitative estimate of drug-likeness (QED) is 0.773. The number of aromatic nitrogens is 1. The minimum atomic E-state index is -0.607. The molecule has 1 aromatic carbocycles. The number of benzene rings is 1. The maximum Gasteiger partial charge on any atom is 0.326 e. The van der Waals surface area contributed by atoms with E-state index >= 15 is 0 Å². The molecule has 0 saturated heterocycles. The van der Waals surface area contributed by atoms with Gasteiger partial charge in [0.2, 0.25) is 0 Å². The van der Waals surface area contributed by atoms with Crippen LogP contribution in [0.4, 0.5) is 0 Å². The summed E-state index contributed by atoms with van der Waals surface area (Å²) in [5, 5.41) is 4.41. The van der Waals surface area contributed by atoms with Gasteiger partial charge in [0, 0.05) is 17.6 Å². The third kappa shape index (κ3) is 5.06. The second-order valence-corrected chi connectivity index (χ2v) is 6.33. The molecule has 128 valence electrons. The number of ether oxygens (including phenoxy) is 1. The van der Waals surface area contributed by atoms with Gasteiger partial charge < -0.3 is 10.1 Å². The Labute approximate surface area is 144 Å². The van der Waals surface area contributed by atoms with E-state index in [0.717, 1.165) is 16.9 Å². The third-order valence-corrected chi connectivity index (χ3v) is 4.48. The lowest BCUT2D eigenvalue weighted by molar-refractivity contribution is -0.149. The van der Waals surface area contributed by atoms with E-state index in [1.54, 1.807) is 12.3 Å². The molecule has 0 unspecified atom stereocenters. The van der Waals surface area contributed by atoms with E-state index in [-0.39, 0.29) is 29.8 Å². The van der Waals surface area contributed by atoms with Crippen LogP contribution in [-0.2, 0) is 20.9 Å². The van der Waals surface area contributed by atoms with E-state index in [9.17, 15) is 14.4 Å². The second-order valence-electron chi connectivity index (χ2n) is 5.51. The van der Waals surface area contributed by atoms with Crippen LogP contribution in [0.5, 0.6) is 0 Å². The molecule has 1 atom stereocenters. The molecule has 2 rings (SSSR count). The van der Waals surface area contributed by atoms with E-state index in [1.807, 2.05) is 37.3 Å². The van der Waals surface area contributed by atoms with Crippen LogP contribution in [0, 0.1) is 6.92 Å². The highest BCUT2D eigenvalue weighted by Crippen LogP contribution is 2.12. The van der Waals surface area contributed by atoms with Gasteiger partial charge in [-0.25, -0.2) is 0 Å². The van der Waals surface area contributed by atoms with Crippen molar-refractivity contribution in [2.75, 3.05) is 13.2 Å². The van der Waals surface area contributed by atoms with E-state index in [2.05, 4.69) is 5.32 Å². The smallest absolute Gasteiger partial charge is 0.326 e. The molecule has 7 heteroatoms. The number of hydrogen-bond donors (Lipinski definition) is 1. The number of carbonyl (C=O) groups is 2. The highest BCUT2D eigenvalue weighted by Gasteiger charge is 2.12. The number of aryl methyl sites for hydroxylation is 1. The van der Waals surface area contributed by atoms with Crippen LogP contribution in [0.25, 0.3) is 0 Å². The lowest BCUT2D eigenvalue weighted by Gasteiger charge is -2.13. The van der Waals surface area contributed by atoms with Crippen molar-refractivity contribution in [2.24, 2.45) is 0 Å². The van der Waals surface area contributed by atoms with Crippen molar-refractivity contribution in [1.29, 1.82) is 0 Å². The first-order chi connectivity index (χ1) is 11.5. The number of thiazole rings is 1. The Morgan fingerprint density at radius 2 is 2.00 bits per heavy atom. The zero-order valence-corrected chi connectivity index (χ0v) is 14.5. The number of nitrogens with zero attached hydrogens (tertiary/aromatic N) is 1. The minimum absolute atomic E-state index is 0.165. The van der Waals surface area contributed by atoms with Crippen molar-refractivity contribution >= 4 is 23.2 Å². The Morgan fingerprint density at radius 1 is 1.29 bits per heavy atom. The molecule has 1 aromatic heterocycles. The summed E-state index contributed by atoms with van der Waals surface area (Å²) >= 11 is 1.03. The van der Waals surface area contributed by atoms with Crippen LogP contribution in [0.2, 0.25) is 0 Å². The van der Waals surface area contributed by atoms with Gasteiger partial charge in [0.1, 0.15) is 6.54 Å². The largest absolute Gasteiger partial charge is 0.454 e. The topological polar surface area (TPSA) is 77.4 Å². The highest BCUT2D eigenvalue weighted by atomic mass is 32.1. The SMILES string of the molecule is Cc1csc(=O)n1CC(=O)OCC(=O)NC[C@@H](C)c1ccccc1. The van der Waals surface area contributed by atoms with Gasteiger partial charge in [-0.05, 0) is 18.4 Å². The molecule has 0 bridgehead atoms. The molecular formula is C17H20N2O4S. The van der Waals surface area contributed by atoms with Crippen molar-refractivity contribution < 1.29 is 14.3 Å². The number of carbonyl (C=O) groups excluding carboxylic acids is 2. The fourth-order valence-electron chi connectivity index (χ4n) is 2.13. The predicted molar refractivity (Wildman–Crippen MR) is 92.1 cm³/mol. The number of amides is 1. The van der Waals surface area contributed by atoms with Crippen LogP contribution >= 0.6 is 11.3 Å². The van der Waals surface area contributed by atoms with Gasteiger partial charge in [-0.15, -0.1) is 0 Å². The zero-order chi connectivity index (χ0) is 17.5. The molecule has 0 aliphatic rings. The number of esters is 1. The minimum Gasteiger partial charge on any atom is -0.454 e. The molecule has 0 radical (unpaired) electrons. The first-order valence-corrected chi connectivity index (χ1v) is 8.47. The standard InChI is InChI=1S/C17H20N2O4S/c1-12(14-6-4-3-5-7-14)8-18-15(20)10-23-16(21)9-19-13(2)11-24-17(19)22/h3-7,11-12H,8-10H2,1-2H3,(H,18,20)/t12-/m1/s1. The Hall–Kier alpha value is -2.41. The van der Waals surface area contributed by atoms with Crippen LogP contribution in [0.15, 0.2) is 40.5 Å². The molecule has 24 heavy (non-hydrogen) atoms. The van der Waals surface area contributed by atoms with E-state index in [4.69, 9.17) is 4.74 Å². The maximum absolute atomic E-state index is 11.8. The summed E-state index contributed by atoms with van der Waals surface area (Å²) in [4.78, 5) is 34.8. The van der Waals surface area contributed by atoms with E-state index in [1.165, 1.54) is 4.57 Å². The Kier molecular flexibility index (Phi) is 6.31. The molecular weight excluding hydrogens is 328 g/mol. The van der Waals surface area contributed by atoms with Crippen molar-refractivity contribution in [1.82, 2.24) is 9.88 Å².